The lowest BCUT2D eigenvalue weighted by molar-refractivity contribution is -0.145. The molecule has 0 unspecified atom stereocenters. The predicted octanol–water partition coefficient (Wildman–Crippen LogP) is 3.18. The van der Waals surface area contributed by atoms with E-state index in [1.165, 1.54) is 5.57 Å². The molecule has 16 heavy (non-hydrogen) atoms. The highest BCUT2D eigenvalue weighted by molar-refractivity contribution is 5.71. The van der Waals surface area contributed by atoms with Crippen molar-refractivity contribution < 1.29 is 9.53 Å². The van der Waals surface area contributed by atoms with Crippen LogP contribution in [0.1, 0.15) is 40.5 Å². The Morgan fingerprint density at radius 1 is 1.50 bits per heavy atom. The average Bonchev–Trinajstić information content (AvgIpc) is 2.52. The molecule has 2 rings (SSSR count). The molecule has 0 spiro atoms. The number of ether oxygens (including phenoxy) is 1. The maximum Gasteiger partial charge on any atom is 0.306 e. The zero-order valence-electron chi connectivity index (χ0n) is 10.8. The predicted molar refractivity (Wildman–Crippen MR) is 63.9 cm³/mol. The van der Waals surface area contributed by atoms with Gasteiger partial charge in [-0.05, 0) is 36.0 Å². The Morgan fingerprint density at radius 3 is 2.56 bits per heavy atom. The molecule has 0 heterocycles. The zero-order chi connectivity index (χ0) is 12.1. The molecule has 0 aromatic rings. The molecule has 2 aliphatic rings. The molecule has 0 bridgehead atoms. The summed E-state index contributed by atoms with van der Waals surface area (Å²) in [5.74, 6) is 1.29. The van der Waals surface area contributed by atoms with E-state index in [1.54, 1.807) is 0 Å². The molecule has 0 radical (unpaired) electrons. The molecule has 2 fully saturated rings. The quantitative estimate of drug-likeness (QED) is 0.541. The minimum atomic E-state index is -0.0785. The largest absolute Gasteiger partial charge is 0.466 e. The molecule has 0 amide bonds. The summed E-state index contributed by atoms with van der Waals surface area (Å²) >= 11 is 0. The third-order valence-corrected chi connectivity index (χ3v) is 4.71. The molecule has 2 heteroatoms. The first-order valence-electron chi connectivity index (χ1n) is 6.18. The van der Waals surface area contributed by atoms with Crippen LogP contribution in [0, 0.1) is 22.7 Å². The van der Waals surface area contributed by atoms with E-state index in [1.807, 2.05) is 6.92 Å². The van der Waals surface area contributed by atoms with E-state index >= 15 is 0 Å². The van der Waals surface area contributed by atoms with Crippen LogP contribution in [0.5, 0.6) is 0 Å². The summed E-state index contributed by atoms with van der Waals surface area (Å²) < 4.78 is 5.04. The van der Waals surface area contributed by atoms with Gasteiger partial charge in [-0.15, -0.1) is 0 Å². The normalized spacial score (nSPS) is 39.4. The van der Waals surface area contributed by atoms with Crippen molar-refractivity contribution in [2.75, 3.05) is 6.61 Å². The highest BCUT2D eigenvalue weighted by Crippen LogP contribution is 2.74. The van der Waals surface area contributed by atoms with E-state index in [0.29, 0.717) is 24.4 Å². The van der Waals surface area contributed by atoms with Crippen LogP contribution in [0.2, 0.25) is 0 Å². The number of hydrogen-bond acceptors (Lipinski definition) is 2. The second kappa shape index (κ2) is 3.35. The molecule has 2 nitrogen and oxygen atoms in total. The van der Waals surface area contributed by atoms with Crippen LogP contribution in [0.15, 0.2) is 12.2 Å². The van der Waals surface area contributed by atoms with Gasteiger partial charge in [-0.1, -0.05) is 32.9 Å². The minimum Gasteiger partial charge on any atom is -0.466 e. The van der Waals surface area contributed by atoms with Gasteiger partial charge in [0.05, 0.1) is 13.0 Å². The lowest BCUT2D eigenvalue weighted by Gasteiger charge is -2.30. The van der Waals surface area contributed by atoms with E-state index in [9.17, 15) is 4.79 Å². The minimum absolute atomic E-state index is 0.0168. The van der Waals surface area contributed by atoms with Crippen LogP contribution in [-0.2, 0) is 9.53 Å². The van der Waals surface area contributed by atoms with Crippen molar-refractivity contribution in [3.05, 3.63) is 12.2 Å². The first-order chi connectivity index (χ1) is 7.33. The molecule has 2 saturated carbocycles. The summed E-state index contributed by atoms with van der Waals surface area (Å²) in [5, 5.41) is 0. The molecule has 3 atom stereocenters. The SMILES string of the molecule is C=C1[C@@H]2[C@H](C[C@]1(C)CC(=O)OCC)C2(C)C. The summed E-state index contributed by atoms with van der Waals surface area (Å²) in [6.45, 7) is 13.3. The van der Waals surface area contributed by atoms with Gasteiger partial charge < -0.3 is 4.74 Å². The van der Waals surface area contributed by atoms with Gasteiger partial charge in [0, 0.05) is 0 Å². The summed E-state index contributed by atoms with van der Waals surface area (Å²) in [7, 11) is 0. The number of rotatable bonds is 3. The molecule has 90 valence electrons. The molecule has 0 N–H and O–H groups in total. The Labute approximate surface area is 98.1 Å². The van der Waals surface area contributed by atoms with Gasteiger partial charge in [-0.3, -0.25) is 4.79 Å². The Kier molecular flexibility index (Phi) is 2.45. The van der Waals surface area contributed by atoms with Crippen molar-refractivity contribution in [1.29, 1.82) is 0 Å². The highest BCUT2D eigenvalue weighted by Gasteiger charge is 2.67. The van der Waals surface area contributed by atoms with E-state index < -0.39 is 0 Å². The summed E-state index contributed by atoms with van der Waals surface area (Å²) in [4.78, 5) is 11.6. The number of carbonyl (C=O) groups is 1. The van der Waals surface area contributed by atoms with E-state index in [0.717, 1.165) is 12.3 Å². The van der Waals surface area contributed by atoms with Crippen LogP contribution >= 0.6 is 0 Å². The van der Waals surface area contributed by atoms with Crippen LogP contribution < -0.4 is 0 Å². The van der Waals surface area contributed by atoms with Gasteiger partial charge >= 0.3 is 5.97 Å². The highest BCUT2D eigenvalue weighted by atomic mass is 16.5. The van der Waals surface area contributed by atoms with Crippen molar-refractivity contribution in [1.82, 2.24) is 0 Å². The Morgan fingerprint density at radius 2 is 2.12 bits per heavy atom. The molecule has 0 aromatic heterocycles. The number of fused-ring (bicyclic) bond motifs is 1. The van der Waals surface area contributed by atoms with Crippen molar-refractivity contribution in [3.63, 3.8) is 0 Å². The number of allylic oxidation sites excluding steroid dienone is 1. The van der Waals surface area contributed by atoms with Crippen LogP contribution in [-0.4, -0.2) is 12.6 Å². The second-order valence-corrected chi connectivity index (χ2v) is 6.18. The molecular weight excluding hydrogens is 200 g/mol. The van der Waals surface area contributed by atoms with Crippen molar-refractivity contribution in [3.8, 4) is 0 Å². The molecule has 0 aromatic carbocycles. The van der Waals surface area contributed by atoms with Crippen LogP contribution in [0.4, 0.5) is 0 Å². The third-order valence-electron chi connectivity index (χ3n) is 4.71. The fourth-order valence-electron chi connectivity index (χ4n) is 3.53. The lowest BCUT2D eigenvalue weighted by Crippen LogP contribution is -2.25. The Balaban J connectivity index is 2.02. The van der Waals surface area contributed by atoms with Gasteiger partial charge in [0.1, 0.15) is 0 Å². The number of carbonyl (C=O) groups excluding carboxylic acids is 1. The van der Waals surface area contributed by atoms with Gasteiger partial charge in [-0.2, -0.15) is 0 Å². The van der Waals surface area contributed by atoms with Gasteiger partial charge in [0.15, 0.2) is 0 Å². The Bertz CT molecular complexity index is 343. The van der Waals surface area contributed by atoms with Crippen molar-refractivity contribution >= 4 is 5.97 Å². The smallest absolute Gasteiger partial charge is 0.306 e. The van der Waals surface area contributed by atoms with E-state index in [4.69, 9.17) is 4.74 Å². The summed E-state index contributed by atoms with van der Waals surface area (Å²) in [6.07, 6.45) is 1.60. The fourth-order valence-corrected chi connectivity index (χ4v) is 3.53. The molecule has 0 aliphatic heterocycles. The average molecular weight is 222 g/mol. The molecular formula is C14H22O2. The summed E-state index contributed by atoms with van der Waals surface area (Å²) in [6, 6.07) is 0. The van der Waals surface area contributed by atoms with Crippen molar-refractivity contribution in [2.45, 2.75) is 40.5 Å². The monoisotopic (exact) mass is 222 g/mol. The van der Waals surface area contributed by atoms with E-state index in [-0.39, 0.29) is 11.4 Å². The van der Waals surface area contributed by atoms with E-state index in [2.05, 4.69) is 27.4 Å². The maximum atomic E-state index is 11.6. The number of esters is 1. The summed E-state index contributed by atoms with van der Waals surface area (Å²) in [5.41, 5.74) is 1.68. The topological polar surface area (TPSA) is 26.3 Å². The fraction of sp³-hybridized carbons (Fsp3) is 0.786. The van der Waals surface area contributed by atoms with Gasteiger partial charge in [-0.25, -0.2) is 0 Å². The zero-order valence-corrected chi connectivity index (χ0v) is 10.8. The van der Waals surface area contributed by atoms with Crippen molar-refractivity contribution in [2.24, 2.45) is 22.7 Å². The first kappa shape index (κ1) is 11.7. The Hall–Kier alpha value is -0.790. The second-order valence-electron chi connectivity index (χ2n) is 6.18. The first-order valence-corrected chi connectivity index (χ1v) is 6.18. The molecule has 2 aliphatic carbocycles. The van der Waals surface area contributed by atoms with Gasteiger partial charge in [0.25, 0.3) is 0 Å². The van der Waals surface area contributed by atoms with Crippen LogP contribution in [0.3, 0.4) is 0 Å². The molecule has 0 saturated heterocycles. The third kappa shape index (κ3) is 1.50. The standard InChI is InChI=1S/C14H22O2/c1-6-16-11(15)8-14(5)7-10-12(9(14)2)13(10,3)4/h10,12H,2,6-8H2,1,3-5H3/t10-,12+,14+/m0/s1. The van der Waals surface area contributed by atoms with Crippen LogP contribution in [0.25, 0.3) is 0 Å². The van der Waals surface area contributed by atoms with Gasteiger partial charge in [0.2, 0.25) is 0 Å². The lowest BCUT2D eigenvalue weighted by atomic mass is 9.75. The maximum absolute atomic E-state index is 11.6. The number of hydrogen-bond donors (Lipinski definition) is 0.